The molecule has 0 amide bonds. The molecular weight excluding hydrogens is 250 g/mol. The predicted octanol–water partition coefficient (Wildman–Crippen LogP) is 1.88. The molecule has 2 atom stereocenters. The molecule has 1 aromatic heterocycles. The zero-order valence-electron chi connectivity index (χ0n) is 10.2. The highest BCUT2D eigenvalue weighted by Crippen LogP contribution is 2.38. The molecule has 2 unspecified atom stereocenters. The Bertz CT molecular complexity index is 454. The van der Waals surface area contributed by atoms with Gasteiger partial charge in [-0.3, -0.25) is 4.79 Å². The first-order valence-corrected chi connectivity index (χ1v) is 7.57. The summed E-state index contributed by atoms with van der Waals surface area (Å²) in [6, 6.07) is 0. The normalized spacial score (nSPS) is 27.8. The van der Waals surface area contributed by atoms with Gasteiger partial charge in [0.25, 0.3) is 0 Å². The smallest absolute Gasteiger partial charge is 0.308 e. The van der Waals surface area contributed by atoms with Crippen LogP contribution in [-0.2, 0) is 17.8 Å². The molecule has 0 radical (unpaired) electrons. The second kappa shape index (κ2) is 4.91. The summed E-state index contributed by atoms with van der Waals surface area (Å²) in [7, 11) is 0. The summed E-state index contributed by atoms with van der Waals surface area (Å²) in [4.78, 5) is 11.1. The van der Waals surface area contributed by atoms with E-state index in [4.69, 9.17) is 5.11 Å². The van der Waals surface area contributed by atoms with Crippen LogP contribution in [0, 0.1) is 5.92 Å². The number of carboxylic acid groups (broad SMARTS) is 1. The second-order valence-corrected chi connectivity index (χ2v) is 6.32. The minimum absolute atomic E-state index is 0.277. The molecule has 0 aliphatic carbocycles. The molecule has 0 bridgehead atoms. The first-order valence-electron chi connectivity index (χ1n) is 6.52. The van der Waals surface area contributed by atoms with Gasteiger partial charge in [0, 0.05) is 13.0 Å². The number of hydrogen-bond acceptors (Lipinski definition) is 4. The van der Waals surface area contributed by atoms with Gasteiger partial charge in [-0.15, -0.1) is 10.2 Å². The molecule has 1 saturated heterocycles. The maximum atomic E-state index is 11.1. The fourth-order valence-electron chi connectivity index (χ4n) is 2.73. The maximum absolute atomic E-state index is 11.1. The van der Waals surface area contributed by atoms with Crippen LogP contribution in [0.4, 0.5) is 0 Å². The quantitative estimate of drug-likeness (QED) is 0.886. The van der Waals surface area contributed by atoms with Crippen molar-refractivity contribution in [2.45, 2.75) is 43.9 Å². The molecule has 3 rings (SSSR count). The Morgan fingerprint density at radius 2 is 2.22 bits per heavy atom. The Morgan fingerprint density at radius 3 is 2.94 bits per heavy atom. The summed E-state index contributed by atoms with van der Waals surface area (Å²) >= 11 is 1.93. The van der Waals surface area contributed by atoms with Gasteiger partial charge in [0.15, 0.2) is 0 Å². The van der Waals surface area contributed by atoms with Crippen molar-refractivity contribution in [3.63, 3.8) is 0 Å². The van der Waals surface area contributed by atoms with E-state index in [0.717, 1.165) is 24.5 Å². The van der Waals surface area contributed by atoms with Crippen LogP contribution in [0.15, 0.2) is 0 Å². The van der Waals surface area contributed by atoms with Crippen molar-refractivity contribution in [3.05, 3.63) is 11.6 Å². The summed E-state index contributed by atoms with van der Waals surface area (Å²) in [5, 5.41) is 18.1. The van der Waals surface area contributed by atoms with E-state index in [1.807, 2.05) is 11.8 Å². The summed E-state index contributed by atoms with van der Waals surface area (Å²) in [6.07, 6.45) is 5.08. The van der Waals surface area contributed by atoms with Crippen molar-refractivity contribution in [2.75, 3.05) is 5.75 Å². The first-order chi connectivity index (χ1) is 8.75. The number of hydrogen-bond donors (Lipinski definition) is 1. The number of carboxylic acids is 1. The average molecular weight is 267 g/mol. The van der Waals surface area contributed by atoms with E-state index >= 15 is 0 Å². The topological polar surface area (TPSA) is 68.0 Å². The van der Waals surface area contributed by atoms with Gasteiger partial charge in [-0.1, -0.05) is 6.42 Å². The third-order valence-electron chi connectivity index (χ3n) is 3.79. The van der Waals surface area contributed by atoms with Gasteiger partial charge in [0.2, 0.25) is 0 Å². The fourth-order valence-corrected chi connectivity index (χ4v) is 4.04. The molecule has 2 aliphatic heterocycles. The number of aryl methyl sites for hydroxylation is 1. The third kappa shape index (κ3) is 2.13. The molecule has 5 nitrogen and oxygen atoms in total. The van der Waals surface area contributed by atoms with Crippen molar-refractivity contribution < 1.29 is 9.90 Å². The molecule has 0 aromatic carbocycles. The summed E-state index contributed by atoms with van der Waals surface area (Å²) < 4.78 is 2.06. The summed E-state index contributed by atoms with van der Waals surface area (Å²) in [5.74, 6) is 2.17. The fraction of sp³-hybridized carbons (Fsp3) is 0.750. The van der Waals surface area contributed by atoms with E-state index in [1.54, 1.807) is 0 Å². The van der Waals surface area contributed by atoms with E-state index in [1.165, 1.54) is 18.6 Å². The van der Waals surface area contributed by atoms with Crippen LogP contribution in [0.1, 0.15) is 42.6 Å². The van der Waals surface area contributed by atoms with Crippen molar-refractivity contribution in [2.24, 2.45) is 5.92 Å². The van der Waals surface area contributed by atoms with Gasteiger partial charge < -0.3 is 9.67 Å². The van der Waals surface area contributed by atoms with Crippen LogP contribution in [0.2, 0.25) is 0 Å². The van der Waals surface area contributed by atoms with Crippen LogP contribution >= 0.6 is 11.8 Å². The largest absolute Gasteiger partial charge is 0.481 e. The average Bonchev–Trinajstić information content (AvgIpc) is 2.82. The standard InChI is InChI=1S/C12H17N3O2S/c16-12(17)8-4-5-10-13-14-11(15(10)7-8)9-3-1-2-6-18-9/h8-9H,1-7H2,(H,16,17). The number of thioether (sulfide) groups is 1. The molecule has 3 heterocycles. The van der Waals surface area contributed by atoms with Crippen LogP contribution in [-0.4, -0.2) is 31.6 Å². The Labute approximate surface area is 110 Å². The number of aromatic nitrogens is 3. The van der Waals surface area contributed by atoms with Gasteiger partial charge in [-0.05, 0) is 25.0 Å². The van der Waals surface area contributed by atoms with Crippen LogP contribution in [0.3, 0.4) is 0 Å². The molecule has 0 spiro atoms. The van der Waals surface area contributed by atoms with E-state index in [-0.39, 0.29) is 5.92 Å². The van der Waals surface area contributed by atoms with Crippen molar-refractivity contribution >= 4 is 17.7 Å². The third-order valence-corrected chi connectivity index (χ3v) is 5.17. The number of rotatable bonds is 2. The lowest BCUT2D eigenvalue weighted by molar-refractivity contribution is -0.142. The molecule has 18 heavy (non-hydrogen) atoms. The molecule has 0 saturated carbocycles. The molecule has 1 aromatic rings. The Hall–Kier alpha value is -1.04. The molecular formula is C12H17N3O2S. The highest BCUT2D eigenvalue weighted by atomic mass is 32.2. The van der Waals surface area contributed by atoms with Gasteiger partial charge in [-0.25, -0.2) is 0 Å². The maximum Gasteiger partial charge on any atom is 0.308 e. The van der Waals surface area contributed by atoms with E-state index in [9.17, 15) is 4.79 Å². The Kier molecular flexibility index (Phi) is 3.28. The van der Waals surface area contributed by atoms with Crippen molar-refractivity contribution in [1.29, 1.82) is 0 Å². The minimum atomic E-state index is -0.698. The number of nitrogens with zero attached hydrogens (tertiary/aromatic N) is 3. The molecule has 1 fully saturated rings. The lowest BCUT2D eigenvalue weighted by Crippen LogP contribution is -2.28. The van der Waals surface area contributed by atoms with E-state index in [2.05, 4.69) is 14.8 Å². The molecule has 6 heteroatoms. The Balaban J connectivity index is 1.84. The van der Waals surface area contributed by atoms with Crippen molar-refractivity contribution in [3.8, 4) is 0 Å². The Morgan fingerprint density at radius 1 is 1.33 bits per heavy atom. The predicted molar refractivity (Wildman–Crippen MR) is 68.5 cm³/mol. The lowest BCUT2D eigenvalue weighted by atomic mass is 9.99. The number of aliphatic carboxylic acids is 1. The minimum Gasteiger partial charge on any atom is -0.481 e. The summed E-state index contributed by atoms with van der Waals surface area (Å²) in [5.41, 5.74) is 0. The van der Waals surface area contributed by atoms with Gasteiger partial charge in [-0.2, -0.15) is 11.8 Å². The lowest BCUT2D eigenvalue weighted by Gasteiger charge is -2.25. The van der Waals surface area contributed by atoms with Gasteiger partial charge in [0.05, 0.1) is 11.2 Å². The highest BCUT2D eigenvalue weighted by molar-refractivity contribution is 7.99. The SMILES string of the molecule is O=C(O)C1CCc2nnc(C3CCCCS3)n2C1. The van der Waals surface area contributed by atoms with Crippen LogP contribution in [0.5, 0.6) is 0 Å². The van der Waals surface area contributed by atoms with Gasteiger partial charge >= 0.3 is 5.97 Å². The van der Waals surface area contributed by atoms with E-state index in [0.29, 0.717) is 18.2 Å². The van der Waals surface area contributed by atoms with Crippen LogP contribution < -0.4 is 0 Å². The first kappa shape index (κ1) is 12.0. The zero-order chi connectivity index (χ0) is 12.5. The zero-order valence-corrected chi connectivity index (χ0v) is 11.0. The number of carbonyl (C=O) groups is 1. The molecule has 1 N–H and O–H groups in total. The van der Waals surface area contributed by atoms with E-state index < -0.39 is 5.97 Å². The number of fused-ring (bicyclic) bond motifs is 1. The monoisotopic (exact) mass is 267 g/mol. The summed E-state index contributed by atoms with van der Waals surface area (Å²) in [6.45, 7) is 0.546. The van der Waals surface area contributed by atoms with Crippen molar-refractivity contribution in [1.82, 2.24) is 14.8 Å². The van der Waals surface area contributed by atoms with Gasteiger partial charge in [0.1, 0.15) is 11.6 Å². The second-order valence-electron chi connectivity index (χ2n) is 5.01. The highest BCUT2D eigenvalue weighted by Gasteiger charge is 2.30. The molecule has 98 valence electrons. The molecule has 2 aliphatic rings. The van der Waals surface area contributed by atoms with Crippen LogP contribution in [0.25, 0.3) is 0 Å².